The first-order chi connectivity index (χ1) is 5.72. The van der Waals surface area contributed by atoms with E-state index in [0.717, 1.165) is 24.8 Å². The molecule has 12 heavy (non-hydrogen) atoms. The van der Waals surface area contributed by atoms with Crippen LogP contribution in [0.25, 0.3) is 0 Å². The van der Waals surface area contributed by atoms with Crippen LogP contribution < -0.4 is 5.73 Å². The van der Waals surface area contributed by atoms with Crippen LogP contribution in [0.1, 0.15) is 30.9 Å². The minimum atomic E-state index is -0.650. The molecule has 1 aromatic heterocycles. The van der Waals surface area contributed by atoms with Crippen LogP contribution in [0.4, 0.5) is 0 Å². The van der Waals surface area contributed by atoms with E-state index >= 15 is 0 Å². The van der Waals surface area contributed by atoms with Crippen LogP contribution in [0, 0.1) is 0 Å². The van der Waals surface area contributed by atoms with Gasteiger partial charge in [-0.2, -0.15) is 0 Å². The molecule has 0 spiro atoms. The summed E-state index contributed by atoms with van der Waals surface area (Å²) in [7, 11) is 0. The molecule has 0 aromatic carbocycles. The van der Waals surface area contributed by atoms with Crippen molar-refractivity contribution in [2.75, 3.05) is 0 Å². The van der Waals surface area contributed by atoms with Crippen molar-refractivity contribution in [2.45, 2.75) is 30.9 Å². The molecule has 1 aliphatic carbocycles. The molecule has 1 unspecified atom stereocenters. The van der Waals surface area contributed by atoms with E-state index in [1.165, 1.54) is 11.5 Å². The molecule has 0 saturated heterocycles. The van der Waals surface area contributed by atoms with Crippen molar-refractivity contribution in [1.29, 1.82) is 0 Å². The third-order valence-electron chi connectivity index (χ3n) is 2.61. The van der Waals surface area contributed by atoms with Gasteiger partial charge in [-0.15, -0.1) is 0 Å². The van der Waals surface area contributed by atoms with E-state index in [2.05, 4.69) is 4.37 Å². The van der Waals surface area contributed by atoms with E-state index in [0.29, 0.717) is 0 Å². The van der Waals surface area contributed by atoms with Gasteiger partial charge in [0.2, 0.25) is 0 Å². The Kier molecular flexibility index (Phi) is 1.90. The predicted molar refractivity (Wildman–Crippen MR) is 47.8 cm³/mol. The van der Waals surface area contributed by atoms with Crippen LogP contribution in [-0.2, 0) is 0 Å². The molecule has 0 amide bonds. The second kappa shape index (κ2) is 2.80. The van der Waals surface area contributed by atoms with Gasteiger partial charge in [0.1, 0.15) is 0 Å². The van der Waals surface area contributed by atoms with E-state index in [4.69, 9.17) is 5.73 Å². The molecule has 1 fully saturated rings. The predicted octanol–water partition coefficient (Wildman–Crippen LogP) is 1.06. The highest BCUT2D eigenvalue weighted by molar-refractivity contribution is 7.03. The summed E-state index contributed by atoms with van der Waals surface area (Å²) in [5, 5.41) is 11.8. The molecule has 1 atom stereocenters. The molecular formula is C8H12N2OS. The Morgan fingerprint density at radius 1 is 1.67 bits per heavy atom. The van der Waals surface area contributed by atoms with Crippen molar-refractivity contribution >= 4 is 11.5 Å². The summed E-state index contributed by atoms with van der Waals surface area (Å²) in [5.74, 6) is 0. The Bertz CT molecular complexity index is 256. The summed E-state index contributed by atoms with van der Waals surface area (Å²) in [6, 6.07) is -0.245. The zero-order chi connectivity index (χ0) is 8.60. The maximum Gasteiger partial charge on any atom is 0.0840 e. The highest BCUT2D eigenvalue weighted by Crippen LogP contribution is 2.40. The summed E-state index contributed by atoms with van der Waals surface area (Å²) < 4.78 is 3.97. The lowest BCUT2D eigenvalue weighted by Crippen LogP contribution is -2.46. The SMILES string of the molecule is NC(c1cnsc1)C1(O)CCC1. The molecule has 4 heteroatoms. The average molecular weight is 184 g/mol. The van der Waals surface area contributed by atoms with Crippen molar-refractivity contribution in [1.82, 2.24) is 4.37 Å². The quantitative estimate of drug-likeness (QED) is 0.722. The van der Waals surface area contributed by atoms with Gasteiger partial charge in [0, 0.05) is 17.1 Å². The van der Waals surface area contributed by atoms with Crippen LogP contribution in [0.5, 0.6) is 0 Å². The van der Waals surface area contributed by atoms with Crippen LogP contribution in [0.2, 0.25) is 0 Å². The highest BCUT2D eigenvalue weighted by atomic mass is 32.1. The molecule has 1 aromatic rings. The van der Waals surface area contributed by atoms with Crippen LogP contribution >= 0.6 is 11.5 Å². The van der Waals surface area contributed by atoms with E-state index in [-0.39, 0.29) is 6.04 Å². The smallest absolute Gasteiger partial charge is 0.0840 e. The number of nitrogens with zero attached hydrogens (tertiary/aromatic N) is 1. The normalized spacial score (nSPS) is 23.2. The van der Waals surface area contributed by atoms with Crippen molar-refractivity contribution in [2.24, 2.45) is 5.73 Å². The van der Waals surface area contributed by atoms with E-state index < -0.39 is 5.60 Å². The van der Waals surface area contributed by atoms with Crippen LogP contribution in [0.3, 0.4) is 0 Å². The summed E-state index contributed by atoms with van der Waals surface area (Å²) in [6.07, 6.45) is 4.47. The Morgan fingerprint density at radius 2 is 2.42 bits per heavy atom. The molecule has 2 rings (SSSR count). The van der Waals surface area contributed by atoms with Crippen molar-refractivity contribution in [3.05, 3.63) is 17.1 Å². The van der Waals surface area contributed by atoms with Crippen LogP contribution in [-0.4, -0.2) is 15.1 Å². The number of rotatable bonds is 2. The monoisotopic (exact) mass is 184 g/mol. The van der Waals surface area contributed by atoms with Gasteiger partial charge in [0.15, 0.2) is 0 Å². The third kappa shape index (κ3) is 1.16. The van der Waals surface area contributed by atoms with Crippen molar-refractivity contribution < 1.29 is 5.11 Å². The molecule has 66 valence electrons. The first-order valence-electron chi connectivity index (χ1n) is 4.10. The van der Waals surface area contributed by atoms with Gasteiger partial charge >= 0.3 is 0 Å². The lowest BCUT2D eigenvalue weighted by Gasteiger charge is -2.41. The average Bonchev–Trinajstić information content (AvgIpc) is 2.50. The van der Waals surface area contributed by atoms with Gasteiger partial charge in [-0.1, -0.05) is 0 Å². The van der Waals surface area contributed by atoms with Gasteiger partial charge in [-0.25, -0.2) is 4.37 Å². The maximum atomic E-state index is 9.90. The Morgan fingerprint density at radius 3 is 2.83 bits per heavy atom. The molecule has 3 nitrogen and oxygen atoms in total. The summed E-state index contributed by atoms with van der Waals surface area (Å²) in [6.45, 7) is 0. The van der Waals surface area contributed by atoms with Gasteiger partial charge in [0.05, 0.1) is 11.6 Å². The molecule has 0 bridgehead atoms. The second-order valence-corrected chi connectivity index (χ2v) is 4.05. The fourth-order valence-corrected chi connectivity index (χ4v) is 2.10. The summed E-state index contributed by atoms with van der Waals surface area (Å²) >= 11 is 1.38. The van der Waals surface area contributed by atoms with E-state index in [9.17, 15) is 5.11 Å². The third-order valence-corrected chi connectivity index (χ3v) is 3.21. The number of nitrogens with two attached hydrogens (primary N) is 1. The van der Waals surface area contributed by atoms with Gasteiger partial charge in [-0.3, -0.25) is 0 Å². The molecule has 1 aliphatic rings. The fourth-order valence-electron chi connectivity index (χ4n) is 1.53. The minimum Gasteiger partial charge on any atom is -0.388 e. The first-order valence-corrected chi connectivity index (χ1v) is 4.93. The largest absolute Gasteiger partial charge is 0.388 e. The number of hydrogen-bond acceptors (Lipinski definition) is 4. The fraction of sp³-hybridized carbons (Fsp3) is 0.625. The minimum absolute atomic E-state index is 0.245. The first kappa shape index (κ1) is 8.16. The van der Waals surface area contributed by atoms with Gasteiger partial charge in [0.25, 0.3) is 0 Å². The Balaban J connectivity index is 2.14. The zero-order valence-corrected chi connectivity index (χ0v) is 7.55. The summed E-state index contributed by atoms with van der Waals surface area (Å²) in [4.78, 5) is 0. The van der Waals surface area contributed by atoms with Gasteiger partial charge in [-0.05, 0) is 30.8 Å². The Labute approximate surface area is 75.4 Å². The molecule has 0 aliphatic heterocycles. The lowest BCUT2D eigenvalue weighted by atomic mass is 9.73. The van der Waals surface area contributed by atoms with Gasteiger partial charge < -0.3 is 10.8 Å². The molecule has 0 radical (unpaired) electrons. The zero-order valence-electron chi connectivity index (χ0n) is 6.73. The topological polar surface area (TPSA) is 59.1 Å². The Hall–Kier alpha value is -0.450. The lowest BCUT2D eigenvalue weighted by molar-refractivity contribution is -0.0559. The van der Waals surface area contributed by atoms with E-state index in [1.807, 2.05) is 5.38 Å². The summed E-state index contributed by atoms with van der Waals surface area (Å²) in [5.41, 5.74) is 6.21. The molecule has 1 saturated carbocycles. The van der Waals surface area contributed by atoms with Crippen molar-refractivity contribution in [3.8, 4) is 0 Å². The van der Waals surface area contributed by atoms with Crippen molar-refractivity contribution in [3.63, 3.8) is 0 Å². The highest BCUT2D eigenvalue weighted by Gasteiger charge is 2.41. The number of aliphatic hydroxyl groups is 1. The maximum absolute atomic E-state index is 9.90. The molecule has 3 N–H and O–H groups in total. The second-order valence-electron chi connectivity index (χ2n) is 3.39. The van der Waals surface area contributed by atoms with E-state index in [1.54, 1.807) is 6.20 Å². The molecular weight excluding hydrogens is 172 g/mol. The molecule has 1 heterocycles. The number of hydrogen-bond donors (Lipinski definition) is 2. The number of aromatic nitrogens is 1. The van der Waals surface area contributed by atoms with Crippen LogP contribution in [0.15, 0.2) is 11.6 Å². The standard InChI is InChI=1S/C8H12N2OS/c9-7(6-4-10-12-5-6)8(11)2-1-3-8/h4-5,7,11H,1-3,9H2.